The van der Waals surface area contributed by atoms with Crippen molar-refractivity contribution in [2.45, 2.75) is 244 Å². The van der Waals surface area contributed by atoms with Crippen molar-refractivity contribution in [3.8, 4) is 0 Å². The minimum atomic E-state index is -0.840. The summed E-state index contributed by atoms with van der Waals surface area (Å²) in [6, 6.07) is 0. The van der Waals surface area contributed by atoms with Crippen LogP contribution in [-0.2, 0) is 4.74 Å². The third kappa shape index (κ3) is 23.0. The molecule has 0 aromatic heterocycles. The molecule has 0 unspecified atom stereocenters. The van der Waals surface area contributed by atoms with Crippen LogP contribution in [0.4, 0.5) is 0 Å². The van der Waals surface area contributed by atoms with Gasteiger partial charge < -0.3 is 35.4 Å². The quantitative estimate of drug-likeness (QED) is 0.0441. The molecule has 0 aromatic carbocycles. The Morgan fingerprint density at radius 3 is 1.33 bits per heavy atom. The molecule has 0 saturated carbocycles. The first-order valence-electron chi connectivity index (χ1n) is 20.8. The van der Waals surface area contributed by atoms with Gasteiger partial charge in [0.05, 0.1) is 46.3 Å². The lowest BCUT2D eigenvalue weighted by molar-refractivity contribution is -0.119. The van der Waals surface area contributed by atoms with Crippen LogP contribution in [0.5, 0.6) is 0 Å². The molecular weight excluding hydrogens is 652 g/mol. The van der Waals surface area contributed by atoms with Gasteiger partial charge in [0.25, 0.3) is 0 Å². The van der Waals surface area contributed by atoms with Gasteiger partial charge in [0.2, 0.25) is 0 Å². The van der Waals surface area contributed by atoms with Gasteiger partial charge in [-0.25, -0.2) is 0 Å². The van der Waals surface area contributed by atoms with Crippen molar-refractivity contribution < 1.29 is 35.4 Å². The first-order chi connectivity index (χ1) is 23.9. The lowest BCUT2D eigenvalue weighted by Gasteiger charge is -2.32. The molecular formula is C45H84O7. The molecule has 1 aliphatic heterocycles. The van der Waals surface area contributed by atoms with Gasteiger partial charge in [-0.15, -0.1) is 0 Å². The van der Waals surface area contributed by atoms with Crippen LogP contribution in [0.15, 0.2) is 34.9 Å². The Hall–Kier alpha value is -1.06. The molecule has 1 aliphatic rings. The second-order valence-electron chi connectivity index (χ2n) is 18.9. The monoisotopic (exact) mass is 737 g/mol. The van der Waals surface area contributed by atoms with Gasteiger partial charge in [-0.2, -0.15) is 0 Å². The van der Waals surface area contributed by atoms with E-state index in [-0.39, 0.29) is 18.3 Å². The van der Waals surface area contributed by atoms with E-state index < -0.39 is 28.0 Å². The zero-order valence-corrected chi connectivity index (χ0v) is 35.5. The van der Waals surface area contributed by atoms with Crippen molar-refractivity contribution in [3.63, 3.8) is 0 Å². The third-order valence-corrected chi connectivity index (χ3v) is 11.7. The van der Waals surface area contributed by atoms with E-state index in [0.717, 1.165) is 89.9 Å². The van der Waals surface area contributed by atoms with Crippen LogP contribution >= 0.6 is 0 Å². The molecule has 0 spiro atoms. The minimum absolute atomic E-state index is 0.115. The molecule has 0 amide bonds. The number of aliphatic hydroxyl groups excluding tert-OH is 1. The minimum Gasteiger partial charge on any atom is -0.392 e. The molecule has 306 valence electrons. The molecule has 52 heavy (non-hydrogen) atoms. The fourth-order valence-electron chi connectivity index (χ4n) is 7.77. The van der Waals surface area contributed by atoms with Crippen molar-refractivity contribution in [2.24, 2.45) is 0 Å². The summed E-state index contributed by atoms with van der Waals surface area (Å²) in [6.07, 6.45) is 23.2. The lowest BCUT2D eigenvalue weighted by atomic mass is 9.84. The van der Waals surface area contributed by atoms with Gasteiger partial charge in [-0.1, -0.05) is 34.9 Å². The van der Waals surface area contributed by atoms with Crippen molar-refractivity contribution in [2.75, 3.05) is 6.61 Å². The molecule has 1 saturated heterocycles. The predicted molar refractivity (Wildman–Crippen MR) is 217 cm³/mol. The Bertz CT molecular complexity index is 1090. The van der Waals surface area contributed by atoms with Gasteiger partial charge in [0, 0.05) is 0 Å². The van der Waals surface area contributed by atoms with Gasteiger partial charge in [-0.05, 0) is 204 Å². The summed E-state index contributed by atoms with van der Waals surface area (Å²) in [5, 5.41) is 63.4. The summed E-state index contributed by atoms with van der Waals surface area (Å²) < 4.78 is 6.20. The molecule has 0 radical (unpaired) electrons. The van der Waals surface area contributed by atoms with E-state index in [1.807, 2.05) is 33.8 Å². The summed E-state index contributed by atoms with van der Waals surface area (Å²) in [6.45, 7) is 19.8. The summed E-state index contributed by atoms with van der Waals surface area (Å²) in [4.78, 5) is 0. The van der Waals surface area contributed by atoms with E-state index in [0.29, 0.717) is 44.9 Å². The number of hydrogen-bond acceptors (Lipinski definition) is 7. The van der Waals surface area contributed by atoms with E-state index in [1.54, 1.807) is 13.8 Å². The molecule has 1 fully saturated rings. The SMILES string of the molecule is C/C(=C\CO)CC/C=C(\C)CC/C=C(\C)CCC[C@@](C)(O)CCC[C@](C)(O)CCC[C@](C)(O)CCC[C@](C)(O)CCC[C@]1(C)CC[C@H](C(C)(C)O)O1. The van der Waals surface area contributed by atoms with Gasteiger partial charge in [-0.3, -0.25) is 0 Å². The number of hydrogen-bond donors (Lipinski definition) is 6. The lowest BCUT2D eigenvalue weighted by Crippen LogP contribution is -2.38. The average molecular weight is 737 g/mol. The number of allylic oxidation sites excluding steroid dienone is 5. The molecule has 7 heteroatoms. The van der Waals surface area contributed by atoms with Gasteiger partial charge in [0.15, 0.2) is 0 Å². The second-order valence-corrected chi connectivity index (χ2v) is 18.9. The molecule has 6 atom stereocenters. The Kier molecular flexibility index (Phi) is 21.2. The molecule has 6 N–H and O–H groups in total. The van der Waals surface area contributed by atoms with Crippen LogP contribution in [0.2, 0.25) is 0 Å². The van der Waals surface area contributed by atoms with Crippen molar-refractivity contribution in [1.82, 2.24) is 0 Å². The van der Waals surface area contributed by atoms with Crippen molar-refractivity contribution >= 4 is 0 Å². The van der Waals surface area contributed by atoms with Crippen LogP contribution < -0.4 is 0 Å². The zero-order valence-electron chi connectivity index (χ0n) is 35.5. The molecule has 1 heterocycles. The van der Waals surface area contributed by atoms with E-state index in [2.05, 4.69) is 39.8 Å². The number of ether oxygens (including phenoxy) is 1. The van der Waals surface area contributed by atoms with Crippen LogP contribution in [-0.4, -0.2) is 77.0 Å². The fourth-order valence-corrected chi connectivity index (χ4v) is 7.77. The summed E-state index contributed by atoms with van der Waals surface area (Å²) >= 11 is 0. The van der Waals surface area contributed by atoms with Crippen molar-refractivity contribution in [3.05, 3.63) is 34.9 Å². The van der Waals surface area contributed by atoms with E-state index in [9.17, 15) is 25.5 Å². The highest BCUT2D eigenvalue weighted by Gasteiger charge is 2.42. The highest BCUT2D eigenvalue weighted by atomic mass is 16.5. The Labute approximate surface area is 320 Å². The van der Waals surface area contributed by atoms with Gasteiger partial charge in [0.1, 0.15) is 0 Å². The third-order valence-electron chi connectivity index (χ3n) is 11.7. The summed E-state index contributed by atoms with van der Waals surface area (Å²) in [7, 11) is 0. The van der Waals surface area contributed by atoms with Crippen LogP contribution in [0.25, 0.3) is 0 Å². The Balaban J connectivity index is 2.27. The van der Waals surface area contributed by atoms with Crippen LogP contribution in [0.3, 0.4) is 0 Å². The van der Waals surface area contributed by atoms with Gasteiger partial charge >= 0.3 is 0 Å². The number of rotatable bonds is 28. The predicted octanol–water partition coefficient (Wildman–Crippen LogP) is 9.94. The maximum atomic E-state index is 11.0. The second kappa shape index (κ2) is 22.5. The average Bonchev–Trinajstić information content (AvgIpc) is 3.39. The van der Waals surface area contributed by atoms with E-state index >= 15 is 0 Å². The highest BCUT2D eigenvalue weighted by molar-refractivity contribution is 5.06. The maximum absolute atomic E-state index is 11.0. The zero-order chi connectivity index (χ0) is 39.7. The van der Waals surface area contributed by atoms with Crippen LogP contribution in [0.1, 0.15) is 204 Å². The smallest absolute Gasteiger partial charge is 0.0864 e. The molecule has 0 aliphatic carbocycles. The molecule has 1 rings (SSSR count). The standard InChI is InChI=1S/C45H84O7/c1-36(19-12-21-38(3)24-35-46)18-11-20-37(2)22-13-25-41(6,48)26-14-27-42(7,49)28-15-29-43(8,50)30-16-31-44(9,51)32-17-33-45(10)34-23-39(52-45)40(4,5)47/h19-20,24,39,46-51H,11-18,21-23,25-35H2,1-10H3/b36-19+,37-20+,38-24+/t39-,41-,42+,43+,44+,45-/m1/s1. The van der Waals surface area contributed by atoms with Crippen LogP contribution in [0, 0.1) is 0 Å². The molecule has 7 nitrogen and oxygen atoms in total. The van der Waals surface area contributed by atoms with E-state index in [4.69, 9.17) is 9.84 Å². The Morgan fingerprint density at radius 1 is 0.577 bits per heavy atom. The van der Waals surface area contributed by atoms with Crippen molar-refractivity contribution in [1.29, 1.82) is 0 Å². The number of aliphatic hydroxyl groups is 6. The fraction of sp³-hybridized carbons (Fsp3) is 0.867. The molecule has 0 bridgehead atoms. The summed E-state index contributed by atoms with van der Waals surface area (Å²) in [5.74, 6) is 0. The maximum Gasteiger partial charge on any atom is 0.0864 e. The topological polar surface area (TPSA) is 131 Å². The molecule has 0 aromatic rings. The van der Waals surface area contributed by atoms with E-state index in [1.165, 1.54) is 16.7 Å². The summed E-state index contributed by atoms with van der Waals surface area (Å²) in [5.41, 5.74) is -0.291. The Morgan fingerprint density at radius 2 is 0.942 bits per heavy atom. The first kappa shape index (κ1) is 49.0. The first-order valence-corrected chi connectivity index (χ1v) is 20.8. The highest BCUT2D eigenvalue weighted by Crippen LogP contribution is 2.39. The normalized spacial score (nSPS) is 24.0. The largest absolute Gasteiger partial charge is 0.392 e.